The molecule has 0 amide bonds. The number of hydrogen-bond donors (Lipinski definition) is 2. The van der Waals surface area contributed by atoms with E-state index in [2.05, 4.69) is 4.98 Å². The van der Waals surface area contributed by atoms with E-state index in [0.29, 0.717) is 52.0 Å². The molecule has 0 aliphatic heterocycles. The maximum Gasteiger partial charge on any atom is 0.308 e. The molecular formula is C19H31NO8. The molecule has 0 radical (unpaired) electrons. The topological polar surface area (TPSA) is 117 Å². The zero-order valence-electron chi connectivity index (χ0n) is 16.8. The summed E-state index contributed by atoms with van der Waals surface area (Å²) < 4.78 is 26.6. The van der Waals surface area contributed by atoms with Gasteiger partial charge in [0.05, 0.1) is 51.8 Å². The predicted molar refractivity (Wildman–Crippen MR) is 99.8 cm³/mol. The van der Waals surface area contributed by atoms with Crippen LogP contribution in [0.25, 0.3) is 0 Å². The summed E-state index contributed by atoms with van der Waals surface area (Å²) in [5.41, 5.74) is -0.353. The Bertz CT molecular complexity index is 559. The molecule has 0 aliphatic carbocycles. The van der Waals surface area contributed by atoms with Crippen LogP contribution < -0.4 is 4.74 Å². The van der Waals surface area contributed by atoms with Crippen molar-refractivity contribution in [2.45, 2.75) is 39.1 Å². The molecule has 0 spiro atoms. The van der Waals surface area contributed by atoms with Crippen LogP contribution in [0.5, 0.6) is 5.75 Å². The van der Waals surface area contributed by atoms with Gasteiger partial charge in [0.15, 0.2) is 6.29 Å². The van der Waals surface area contributed by atoms with Gasteiger partial charge in [-0.2, -0.15) is 0 Å². The highest BCUT2D eigenvalue weighted by Crippen LogP contribution is 2.14. The van der Waals surface area contributed by atoms with E-state index in [-0.39, 0.29) is 18.1 Å². The molecule has 160 valence electrons. The Hall–Kier alpha value is -1.78. The number of carbonyl (C=O) groups excluding carboxylic acids is 1. The molecular weight excluding hydrogens is 370 g/mol. The third kappa shape index (κ3) is 12.6. The minimum atomic E-state index is -1.63. The molecule has 0 atom stereocenters. The number of aliphatic hydroxyl groups is 2. The fourth-order valence-electron chi connectivity index (χ4n) is 1.97. The Morgan fingerprint density at radius 3 is 2.14 bits per heavy atom. The molecule has 0 saturated heterocycles. The molecule has 0 fully saturated rings. The van der Waals surface area contributed by atoms with E-state index in [0.717, 1.165) is 0 Å². The van der Waals surface area contributed by atoms with Crippen LogP contribution in [0.15, 0.2) is 18.3 Å². The number of pyridine rings is 1. The molecule has 1 rings (SSSR count). The Balaban J connectivity index is 1.90. The van der Waals surface area contributed by atoms with Crippen molar-refractivity contribution in [1.82, 2.24) is 4.98 Å². The number of rotatable bonds is 14. The van der Waals surface area contributed by atoms with E-state index in [9.17, 15) is 4.79 Å². The number of hydrogen-bond acceptors (Lipinski definition) is 9. The maximum absolute atomic E-state index is 11.5. The maximum atomic E-state index is 11.5. The molecule has 9 nitrogen and oxygen atoms in total. The lowest BCUT2D eigenvalue weighted by molar-refractivity contribution is -0.156. The van der Waals surface area contributed by atoms with Crippen LogP contribution in [0, 0.1) is 0 Å². The van der Waals surface area contributed by atoms with Crippen molar-refractivity contribution in [3.05, 3.63) is 24.0 Å². The number of carbonyl (C=O) groups is 1. The highest BCUT2D eigenvalue weighted by Gasteiger charge is 2.15. The second-order valence-corrected chi connectivity index (χ2v) is 6.81. The Morgan fingerprint density at radius 2 is 1.57 bits per heavy atom. The van der Waals surface area contributed by atoms with E-state index in [1.807, 2.05) is 20.8 Å². The summed E-state index contributed by atoms with van der Waals surface area (Å²) >= 11 is 0. The third-order valence-electron chi connectivity index (χ3n) is 3.13. The van der Waals surface area contributed by atoms with Crippen LogP contribution in [-0.4, -0.2) is 73.0 Å². The minimum absolute atomic E-state index is 0.125. The number of esters is 1. The van der Waals surface area contributed by atoms with E-state index in [1.54, 1.807) is 6.07 Å². The fourth-order valence-corrected chi connectivity index (χ4v) is 1.97. The Kier molecular flexibility index (Phi) is 11.6. The van der Waals surface area contributed by atoms with Crippen LogP contribution in [-0.2, 0) is 23.7 Å². The molecule has 0 aromatic carbocycles. The summed E-state index contributed by atoms with van der Waals surface area (Å²) in [7, 11) is 0. The first-order valence-electron chi connectivity index (χ1n) is 9.18. The highest BCUT2D eigenvalue weighted by atomic mass is 16.6. The Labute approximate surface area is 165 Å². The van der Waals surface area contributed by atoms with Crippen molar-refractivity contribution in [3.8, 4) is 5.75 Å². The summed E-state index contributed by atoms with van der Waals surface area (Å²) in [5.74, 6) is 0.209. The van der Waals surface area contributed by atoms with E-state index < -0.39 is 11.9 Å². The summed E-state index contributed by atoms with van der Waals surface area (Å²) in [6.45, 7) is 8.11. The summed E-state index contributed by atoms with van der Waals surface area (Å²) in [5, 5.41) is 18.1. The van der Waals surface area contributed by atoms with Crippen LogP contribution in [0.1, 0.15) is 39.2 Å². The molecule has 0 unspecified atom stereocenters. The first-order chi connectivity index (χ1) is 13.3. The average molecular weight is 401 g/mol. The zero-order valence-corrected chi connectivity index (χ0v) is 16.8. The van der Waals surface area contributed by atoms with Crippen LogP contribution in [0.2, 0.25) is 0 Å². The number of aromatic nitrogens is 1. The molecule has 0 bridgehead atoms. The van der Waals surface area contributed by atoms with Gasteiger partial charge in [0.1, 0.15) is 18.0 Å². The lowest BCUT2D eigenvalue weighted by Crippen LogP contribution is -2.24. The van der Waals surface area contributed by atoms with E-state index in [4.69, 9.17) is 33.9 Å². The van der Waals surface area contributed by atoms with Crippen LogP contribution >= 0.6 is 0 Å². The highest BCUT2D eigenvalue weighted by molar-refractivity contribution is 5.69. The van der Waals surface area contributed by atoms with E-state index in [1.165, 1.54) is 12.3 Å². The predicted octanol–water partition coefficient (Wildman–Crippen LogP) is 1.23. The van der Waals surface area contributed by atoms with Gasteiger partial charge in [0.25, 0.3) is 0 Å². The second kappa shape index (κ2) is 13.4. The van der Waals surface area contributed by atoms with Gasteiger partial charge in [-0.1, -0.05) is 0 Å². The van der Waals surface area contributed by atoms with Gasteiger partial charge < -0.3 is 33.9 Å². The first kappa shape index (κ1) is 24.3. The van der Waals surface area contributed by atoms with Gasteiger partial charge in [-0.05, 0) is 26.8 Å². The lowest BCUT2D eigenvalue weighted by atomic mass is 10.2. The van der Waals surface area contributed by atoms with Gasteiger partial charge in [-0.3, -0.25) is 9.78 Å². The molecule has 1 aromatic rings. The second-order valence-electron chi connectivity index (χ2n) is 6.81. The van der Waals surface area contributed by atoms with Gasteiger partial charge in [-0.15, -0.1) is 0 Å². The molecule has 0 aliphatic rings. The zero-order chi connectivity index (χ0) is 20.8. The van der Waals surface area contributed by atoms with Crippen molar-refractivity contribution in [3.63, 3.8) is 0 Å². The number of nitrogens with zero attached hydrogens (tertiary/aromatic N) is 1. The lowest BCUT2D eigenvalue weighted by Gasteiger charge is -2.19. The monoisotopic (exact) mass is 401 g/mol. The standard InChI is InChI=1S/C19H31NO8/c1-19(2,3)28-17(21)5-7-24-8-9-25-10-11-26-12-13-27-15-4-6-20-16(14-15)18(22)23/h4,6,14,18,22-23H,5,7-13H2,1-3H3. The van der Waals surface area contributed by atoms with Crippen molar-refractivity contribution in [1.29, 1.82) is 0 Å². The van der Waals surface area contributed by atoms with Gasteiger partial charge in [-0.25, -0.2) is 0 Å². The molecule has 9 heteroatoms. The Morgan fingerprint density at radius 1 is 1.00 bits per heavy atom. The molecule has 1 aromatic heterocycles. The van der Waals surface area contributed by atoms with Crippen molar-refractivity contribution >= 4 is 5.97 Å². The number of aliphatic hydroxyl groups excluding tert-OH is 1. The molecule has 1 heterocycles. The largest absolute Gasteiger partial charge is 0.491 e. The van der Waals surface area contributed by atoms with Gasteiger partial charge in [0, 0.05) is 12.3 Å². The first-order valence-corrected chi connectivity index (χ1v) is 9.18. The average Bonchev–Trinajstić information content (AvgIpc) is 2.61. The molecule has 2 N–H and O–H groups in total. The van der Waals surface area contributed by atoms with Gasteiger partial charge >= 0.3 is 5.97 Å². The summed E-state index contributed by atoms with van der Waals surface area (Å²) in [6, 6.07) is 3.08. The normalized spacial score (nSPS) is 11.6. The molecule has 0 saturated carbocycles. The van der Waals surface area contributed by atoms with Crippen LogP contribution in [0.3, 0.4) is 0 Å². The minimum Gasteiger partial charge on any atom is -0.491 e. The molecule has 28 heavy (non-hydrogen) atoms. The van der Waals surface area contributed by atoms with Crippen LogP contribution in [0.4, 0.5) is 0 Å². The third-order valence-corrected chi connectivity index (χ3v) is 3.13. The van der Waals surface area contributed by atoms with Crippen molar-refractivity contribution in [2.75, 3.05) is 46.2 Å². The van der Waals surface area contributed by atoms with Gasteiger partial charge in [0.2, 0.25) is 0 Å². The fraction of sp³-hybridized carbons (Fsp3) is 0.684. The van der Waals surface area contributed by atoms with Crippen molar-refractivity contribution in [2.24, 2.45) is 0 Å². The SMILES string of the molecule is CC(C)(C)OC(=O)CCOCCOCCOCCOc1ccnc(C(O)O)c1. The summed E-state index contributed by atoms with van der Waals surface area (Å²) in [4.78, 5) is 15.3. The quantitative estimate of drug-likeness (QED) is 0.270. The van der Waals surface area contributed by atoms with Crippen molar-refractivity contribution < 1.29 is 38.7 Å². The van der Waals surface area contributed by atoms with E-state index >= 15 is 0 Å². The number of ether oxygens (including phenoxy) is 5. The summed E-state index contributed by atoms with van der Waals surface area (Å²) in [6.07, 6.45) is 0.0311. The smallest absolute Gasteiger partial charge is 0.308 e.